The SMILES string of the molecule is CC(C)CN(CCC(=O)O)S(=O)(=O)c1ccccc1. The summed E-state index contributed by atoms with van der Waals surface area (Å²) < 4.78 is 26.1. The summed E-state index contributed by atoms with van der Waals surface area (Å²) in [4.78, 5) is 10.8. The van der Waals surface area contributed by atoms with E-state index in [4.69, 9.17) is 5.11 Å². The maximum absolute atomic E-state index is 12.4. The van der Waals surface area contributed by atoms with Crippen LogP contribution in [0.4, 0.5) is 0 Å². The summed E-state index contributed by atoms with van der Waals surface area (Å²) >= 11 is 0. The molecule has 6 heteroatoms. The largest absolute Gasteiger partial charge is 0.481 e. The highest BCUT2D eigenvalue weighted by Gasteiger charge is 2.25. The van der Waals surface area contributed by atoms with Crippen LogP contribution in [0.15, 0.2) is 35.2 Å². The van der Waals surface area contributed by atoms with Crippen molar-refractivity contribution < 1.29 is 18.3 Å². The molecule has 0 heterocycles. The molecule has 0 saturated heterocycles. The molecule has 0 unspecified atom stereocenters. The van der Waals surface area contributed by atoms with E-state index in [0.717, 1.165) is 0 Å². The second-order valence-electron chi connectivity index (χ2n) is 4.71. The normalized spacial score (nSPS) is 12.0. The summed E-state index contributed by atoms with van der Waals surface area (Å²) in [5.74, 6) is -0.871. The zero-order valence-corrected chi connectivity index (χ0v) is 11.9. The topological polar surface area (TPSA) is 74.7 Å². The molecule has 1 N–H and O–H groups in total. The van der Waals surface area contributed by atoms with E-state index in [0.29, 0.717) is 6.54 Å². The summed E-state index contributed by atoms with van der Waals surface area (Å²) in [5, 5.41) is 8.71. The van der Waals surface area contributed by atoms with Crippen molar-refractivity contribution in [2.24, 2.45) is 5.92 Å². The molecular weight excluding hydrogens is 266 g/mol. The molecule has 0 aromatic heterocycles. The average Bonchev–Trinajstić information content (AvgIpc) is 2.34. The Hall–Kier alpha value is -1.40. The van der Waals surface area contributed by atoms with Crippen LogP contribution in [-0.2, 0) is 14.8 Å². The summed E-state index contributed by atoms with van der Waals surface area (Å²) in [5.41, 5.74) is 0. The maximum Gasteiger partial charge on any atom is 0.304 e. The summed E-state index contributed by atoms with van der Waals surface area (Å²) in [6.45, 7) is 4.10. The van der Waals surface area contributed by atoms with Gasteiger partial charge in [-0.1, -0.05) is 32.0 Å². The van der Waals surface area contributed by atoms with E-state index in [1.54, 1.807) is 18.2 Å². The Balaban J connectivity index is 2.98. The lowest BCUT2D eigenvalue weighted by Gasteiger charge is -2.23. The molecule has 0 aliphatic rings. The summed E-state index contributed by atoms with van der Waals surface area (Å²) in [7, 11) is -3.62. The third kappa shape index (κ3) is 4.65. The Morgan fingerprint density at radius 3 is 2.32 bits per heavy atom. The van der Waals surface area contributed by atoms with Gasteiger partial charge in [-0.05, 0) is 18.1 Å². The van der Waals surface area contributed by atoms with Crippen LogP contribution in [0.1, 0.15) is 20.3 Å². The minimum Gasteiger partial charge on any atom is -0.481 e. The predicted molar refractivity (Wildman–Crippen MR) is 72.3 cm³/mol. The highest BCUT2D eigenvalue weighted by atomic mass is 32.2. The number of sulfonamides is 1. The van der Waals surface area contributed by atoms with Gasteiger partial charge in [0.25, 0.3) is 0 Å². The van der Waals surface area contributed by atoms with Crippen LogP contribution in [-0.4, -0.2) is 36.9 Å². The van der Waals surface area contributed by atoms with E-state index in [2.05, 4.69) is 0 Å². The summed E-state index contributed by atoms with van der Waals surface area (Å²) in [6.07, 6.45) is -0.196. The van der Waals surface area contributed by atoms with Gasteiger partial charge in [0.2, 0.25) is 10.0 Å². The smallest absolute Gasteiger partial charge is 0.304 e. The van der Waals surface area contributed by atoms with Crippen molar-refractivity contribution >= 4 is 16.0 Å². The number of carbonyl (C=O) groups is 1. The molecule has 5 nitrogen and oxygen atoms in total. The third-order valence-electron chi connectivity index (χ3n) is 2.52. The zero-order chi connectivity index (χ0) is 14.5. The van der Waals surface area contributed by atoms with Gasteiger partial charge in [-0.2, -0.15) is 4.31 Å². The molecule has 106 valence electrons. The third-order valence-corrected chi connectivity index (χ3v) is 4.40. The number of carboxylic acid groups (broad SMARTS) is 1. The van der Waals surface area contributed by atoms with E-state index in [-0.39, 0.29) is 23.8 Å². The van der Waals surface area contributed by atoms with E-state index in [9.17, 15) is 13.2 Å². The lowest BCUT2D eigenvalue weighted by Crippen LogP contribution is -2.35. The van der Waals surface area contributed by atoms with Crippen LogP contribution >= 0.6 is 0 Å². The van der Waals surface area contributed by atoms with Gasteiger partial charge in [-0.15, -0.1) is 0 Å². The van der Waals surface area contributed by atoms with Crippen molar-refractivity contribution in [1.82, 2.24) is 4.31 Å². The minimum atomic E-state index is -3.62. The van der Waals surface area contributed by atoms with Gasteiger partial charge in [0.05, 0.1) is 11.3 Å². The van der Waals surface area contributed by atoms with Gasteiger partial charge in [-0.25, -0.2) is 8.42 Å². The standard InChI is InChI=1S/C13H19NO4S/c1-11(2)10-14(9-8-13(15)16)19(17,18)12-6-4-3-5-7-12/h3-7,11H,8-10H2,1-2H3,(H,15,16). The minimum absolute atomic E-state index is 0.00919. The summed E-state index contributed by atoms with van der Waals surface area (Å²) in [6, 6.07) is 8.07. The van der Waals surface area contributed by atoms with Crippen LogP contribution in [0.25, 0.3) is 0 Å². The van der Waals surface area contributed by atoms with Crippen LogP contribution < -0.4 is 0 Å². The number of hydrogen-bond acceptors (Lipinski definition) is 3. The number of rotatable bonds is 7. The van der Waals surface area contributed by atoms with Crippen LogP contribution in [0, 0.1) is 5.92 Å². The molecule has 0 saturated carbocycles. The zero-order valence-electron chi connectivity index (χ0n) is 11.1. The number of nitrogens with zero attached hydrogens (tertiary/aromatic N) is 1. The Bertz CT molecular complexity index is 511. The predicted octanol–water partition coefficient (Wildman–Crippen LogP) is 1.81. The molecule has 0 aliphatic heterocycles. The molecule has 0 atom stereocenters. The van der Waals surface area contributed by atoms with Gasteiger partial charge < -0.3 is 5.11 Å². The highest BCUT2D eigenvalue weighted by Crippen LogP contribution is 2.17. The molecule has 0 fully saturated rings. The lowest BCUT2D eigenvalue weighted by atomic mass is 10.2. The lowest BCUT2D eigenvalue weighted by molar-refractivity contribution is -0.137. The van der Waals surface area contributed by atoms with Gasteiger partial charge in [-0.3, -0.25) is 4.79 Å². The van der Waals surface area contributed by atoms with E-state index in [1.165, 1.54) is 16.4 Å². The molecule has 0 bridgehead atoms. The van der Waals surface area contributed by atoms with Crippen molar-refractivity contribution in [1.29, 1.82) is 0 Å². The maximum atomic E-state index is 12.4. The molecule has 1 aromatic rings. The molecule has 19 heavy (non-hydrogen) atoms. The second kappa shape index (κ2) is 6.68. The van der Waals surface area contributed by atoms with Crippen LogP contribution in [0.2, 0.25) is 0 Å². The Kier molecular flexibility index (Phi) is 5.50. The van der Waals surface area contributed by atoms with Gasteiger partial charge in [0.1, 0.15) is 0 Å². The Labute approximate surface area is 113 Å². The quantitative estimate of drug-likeness (QED) is 0.829. The Morgan fingerprint density at radius 2 is 1.84 bits per heavy atom. The number of hydrogen-bond donors (Lipinski definition) is 1. The van der Waals surface area contributed by atoms with Gasteiger partial charge in [0.15, 0.2) is 0 Å². The van der Waals surface area contributed by atoms with Crippen molar-refractivity contribution in [2.75, 3.05) is 13.1 Å². The van der Waals surface area contributed by atoms with Crippen molar-refractivity contribution in [3.05, 3.63) is 30.3 Å². The molecule has 1 rings (SSSR count). The first kappa shape index (κ1) is 15.7. The molecule has 0 aliphatic carbocycles. The van der Waals surface area contributed by atoms with Gasteiger partial charge >= 0.3 is 5.97 Å². The molecule has 0 radical (unpaired) electrons. The fraction of sp³-hybridized carbons (Fsp3) is 0.462. The van der Waals surface area contributed by atoms with Crippen LogP contribution in [0.3, 0.4) is 0 Å². The molecular formula is C13H19NO4S. The number of aliphatic carboxylic acids is 1. The monoisotopic (exact) mass is 285 g/mol. The Morgan fingerprint density at radius 1 is 1.26 bits per heavy atom. The average molecular weight is 285 g/mol. The van der Waals surface area contributed by atoms with Crippen molar-refractivity contribution in [3.63, 3.8) is 0 Å². The van der Waals surface area contributed by atoms with E-state index < -0.39 is 16.0 Å². The number of benzene rings is 1. The van der Waals surface area contributed by atoms with Crippen LogP contribution in [0.5, 0.6) is 0 Å². The van der Waals surface area contributed by atoms with Crippen molar-refractivity contribution in [3.8, 4) is 0 Å². The first-order chi connectivity index (χ1) is 8.84. The fourth-order valence-corrected chi connectivity index (χ4v) is 3.30. The fourth-order valence-electron chi connectivity index (χ4n) is 1.68. The van der Waals surface area contributed by atoms with E-state index in [1.807, 2.05) is 13.8 Å². The first-order valence-corrected chi connectivity index (χ1v) is 7.55. The first-order valence-electron chi connectivity index (χ1n) is 6.11. The molecule has 1 aromatic carbocycles. The number of carboxylic acids is 1. The highest BCUT2D eigenvalue weighted by molar-refractivity contribution is 7.89. The second-order valence-corrected chi connectivity index (χ2v) is 6.65. The van der Waals surface area contributed by atoms with E-state index >= 15 is 0 Å². The molecule has 0 spiro atoms. The van der Waals surface area contributed by atoms with Crippen molar-refractivity contribution in [2.45, 2.75) is 25.2 Å². The molecule has 0 amide bonds. The van der Waals surface area contributed by atoms with Gasteiger partial charge in [0, 0.05) is 13.1 Å².